The van der Waals surface area contributed by atoms with Gasteiger partial charge in [0.2, 0.25) is 0 Å². The van der Waals surface area contributed by atoms with Crippen molar-refractivity contribution in [1.29, 1.82) is 0 Å². The standard InChI is InChI=1S/C7H11N3S/c1-8-7-5-3-11-4-6(5)10(2)9-7/h3-4H2,1-2H3,(H,8,9). The van der Waals surface area contributed by atoms with Crippen LogP contribution in [0.25, 0.3) is 0 Å². The highest BCUT2D eigenvalue weighted by Crippen LogP contribution is 2.33. The van der Waals surface area contributed by atoms with E-state index in [1.165, 1.54) is 11.3 Å². The zero-order chi connectivity index (χ0) is 7.84. The van der Waals surface area contributed by atoms with Crippen molar-refractivity contribution in [2.75, 3.05) is 12.4 Å². The lowest BCUT2D eigenvalue weighted by Gasteiger charge is -1.94. The molecule has 1 aromatic rings. The Bertz CT molecular complexity index is 279. The molecule has 2 rings (SSSR count). The van der Waals surface area contributed by atoms with Crippen molar-refractivity contribution < 1.29 is 0 Å². The van der Waals surface area contributed by atoms with Crippen LogP contribution in [0.3, 0.4) is 0 Å². The van der Waals surface area contributed by atoms with Crippen LogP contribution in [0.2, 0.25) is 0 Å². The topological polar surface area (TPSA) is 29.9 Å². The largest absolute Gasteiger partial charge is 0.371 e. The zero-order valence-electron chi connectivity index (χ0n) is 6.72. The highest BCUT2D eigenvalue weighted by atomic mass is 32.2. The Hall–Kier alpha value is -0.640. The molecule has 0 saturated carbocycles. The molecule has 2 heterocycles. The normalized spacial score (nSPS) is 15.1. The molecule has 0 bridgehead atoms. The van der Waals surface area contributed by atoms with E-state index < -0.39 is 0 Å². The molecule has 11 heavy (non-hydrogen) atoms. The first-order chi connectivity index (χ1) is 5.33. The number of nitrogens with zero attached hydrogens (tertiary/aromatic N) is 2. The van der Waals surface area contributed by atoms with Crippen molar-refractivity contribution in [3.8, 4) is 0 Å². The van der Waals surface area contributed by atoms with Gasteiger partial charge in [-0.2, -0.15) is 16.9 Å². The van der Waals surface area contributed by atoms with E-state index in [0.717, 1.165) is 17.3 Å². The third-order valence-corrected chi connectivity index (χ3v) is 2.97. The van der Waals surface area contributed by atoms with E-state index in [1.807, 2.05) is 30.5 Å². The zero-order valence-corrected chi connectivity index (χ0v) is 7.53. The van der Waals surface area contributed by atoms with Crippen molar-refractivity contribution in [2.24, 2.45) is 7.05 Å². The number of fused-ring (bicyclic) bond motifs is 1. The van der Waals surface area contributed by atoms with Crippen molar-refractivity contribution in [1.82, 2.24) is 9.78 Å². The van der Waals surface area contributed by atoms with Gasteiger partial charge in [0.1, 0.15) is 0 Å². The Morgan fingerprint density at radius 2 is 2.36 bits per heavy atom. The molecule has 0 aliphatic carbocycles. The van der Waals surface area contributed by atoms with Crippen LogP contribution in [0, 0.1) is 0 Å². The van der Waals surface area contributed by atoms with Gasteiger partial charge in [-0.3, -0.25) is 4.68 Å². The molecule has 0 amide bonds. The van der Waals surface area contributed by atoms with Crippen LogP contribution in [-0.2, 0) is 18.6 Å². The number of nitrogens with one attached hydrogen (secondary N) is 1. The van der Waals surface area contributed by atoms with Crippen LogP contribution in [0.4, 0.5) is 5.82 Å². The summed E-state index contributed by atoms with van der Waals surface area (Å²) in [6, 6.07) is 0. The molecule has 1 aliphatic rings. The summed E-state index contributed by atoms with van der Waals surface area (Å²) >= 11 is 1.95. The summed E-state index contributed by atoms with van der Waals surface area (Å²) in [5.74, 6) is 3.27. The summed E-state index contributed by atoms with van der Waals surface area (Å²) in [6.07, 6.45) is 0. The molecule has 0 fully saturated rings. The van der Waals surface area contributed by atoms with E-state index in [4.69, 9.17) is 0 Å². The van der Waals surface area contributed by atoms with Crippen LogP contribution < -0.4 is 5.32 Å². The quantitative estimate of drug-likeness (QED) is 0.685. The predicted octanol–water partition coefficient (Wildman–Crippen LogP) is 1.21. The summed E-state index contributed by atoms with van der Waals surface area (Å²) in [4.78, 5) is 0. The molecular weight excluding hydrogens is 158 g/mol. The van der Waals surface area contributed by atoms with Crippen LogP contribution >= 0.6 is 11.8 Å². The highest BCUT2D eigenvalue weighted by Gasteiger charge is 2.20. The van der Waals surface area contributed by atoms with E-state index in [9.17, 15) is 0 Å². The molecule has 1 N–H and O–H groups in total. The fourth-order valence-electron chi connectivity index (χ4n) is 1.39. The molecule has 1 aliphatic heterocycles. The predicted molar refractivity (Wildman–Crippen MR) is 47.8 cm³/mol. The number of aromatic nitrogens is 2. The molecule has 3 nitrogen and oxygen atoms in total. The maximum absolute atomic E-state index is 4.34. The Labute approximate surface area is 70.2 Å². The molecule has 4 heteroatoms. The second-order valence-corrected chi connectivity index (χ2v) is 3.63. The molecule has 0 aromatic carbocycles. The third kappa shape index (κ3) is 0.929. The van der Waals surface area contributed by atoms with Crippen LogP contribution in [0.5, 0.6) is 0 Å². The minimum absolute atomic E-state index is 1.05. The first kappa shape index (κ1) is 7.03. The Balaban J connectivity index is 2.52. The first-order valence-electron chi connectivity index (χ1n) is 3.63. The van der Waals surface area contributed by atoms with Gasteiger partial charge in [0, 0.05) is 31.2 Å². The number of rotatable bonds is 1. The molecule has 0 spiro atoms. The minimum Gasteiger partial charge on any atom is -0.371 e. The van der Waals surface area contributed by atoms with Gasteiger partial charge in [0.05, 0.1) is 5.69 Å². The van der Waals surface area contributed by atoms with Gasteiger partial charge < -0.3 is 5.32 Å². The van der Waals surface area contributed by atoms with Gasteiger partial charge >= 0.3 is 0 Å². The van der Waals surface area contributed by atoms with Gasteiger partial charge in [-0.25, -0.2) is 0 Å². The van der Waals surface area contributed by atoms with E-state index in [1.54, 1.807) is 0 Å². The van der Waals surface area contributed by atoms with E-state index in [-0.39, 0.29) is 0 Å². The molecule has 1 aromatic heterocycles. The molecule has 0 radical (unpaired) electrons. The lowest BCUT2D eigenvalue weighted by Crippen LogP contribution is -1.96. The fraction of sp³-hybridized carbons (Fsp3) is 0.571. The maximum atomic E-state index is 4.34. The molecule has 60 valence electrons. The molecule has 0 unspecified atom stereocenters. The third-order valence-electron chi connectivity index (χ3n) is 2.00. The first-order valence-corrected chi connectivity index (χ1v) is 4.78. The maximum Gasteiger partial charge on any atom is 0.152 e. The molecular formula is C7H11N3S. The van der Waals surface area contributed by atoms with Gasteiger partial charge in [0.25, 0.3) is 0 Å². The highest BCUT2D eigenvalue weighted by molar-refractivity contribution is 7.98. The number of hydrogen-bond donors (Lipinski definition) is 1. The Morgan fingerprint density at radius 1 is 1.55 bits per heavy atom. The van der Waals surface area contributed by atoms with Crippen molar-refractivity contribution in [3.05, 3.63) is 11.3 Å². The van der Waals surface area contributed by atoms with E-state index in [0.29, 0.717) is 0 Å². The average molecular weight is 169 g/mol. The Kier molecular flexibility index (Phi) is 1.56. The van der Waals surface area contributed by atoms with Gasteiger partial charge in [-0.1, -0.05) is 0 Å². The lowest BCUT2D eigenvalue weighted by molar-refractivity contribution is 0.739. The van der Waals surface area contributed by atoms with Crippen molar-refractivity contribution in [2.45, 2.75) is 11.5 Å². The summed E-state index contributed by atoms with van der Waals surface area (Å²) in [5.41, 5.74) is 2.76. The van der Waals surface area contributed by atoms with Gasteiger partial charge in [-0.05, 0) is 0 Å². The summed E-state index contributed by atoms with van der Waals surface area (Å²) in [5, 5.41) is 7.45. The second kappa shape index (κ2) is 2.44. The molecule has 0 saturated heterocycles. The van der Waals surface area contributed by atoms with Gasteiger partial charge in [-0.15, -0.1) is 0 Å². The minimum atomic E-state index is 1.05. The monoisotopic (exact) mass is 169 g/mol. The molecule has 0 atom stereocenters. The van der Waals surface area contributed by atoms with Crippen LogP contribution in [-0.4, -0.2) is 16.8 Å². The van der Waals surface area contributed by atoms with Crippen molar-refractivity contribution in [3.63, 3.8) is 0 Å². The summed E-state index contributed by atoms with van der Waals surface area (Å²) < 4.78 is 1.97. The smallest absolute Gasteiger partial charge is 0.152 e. The second-order valence-electron chi connectivity index (χ2n) is 2.64. The van der Waals surface area contributed by atoms with Gasteiger partial charge in [0.15, 0.2) is 5.82 Å². The Morgan fingerprint density at radius 3 is 3.09 bits per heavy atom. The fourth-order valence-corrected chi connectivity index (χ4v) is 2.55. The van der Waals surface area contributed by atoms with Crippen LogP contribution in [0.1, 0.15) is 11.3 Å². The van der Waals surface area contributed by atoms with E-state index >= 15 is 0 Å². The summed E-state index contributed by atoms with van der Waals surface area (Å²) in [6.45, 7) is 0. The van der Waals surface area contributed by atoms with Crippen LogP contribution in [0.15, 0.2) is 0 Å². The number of anilines is 1. The SMILES string of the molecule is CNc1nn(C)c2c1CSC2. The summed E-state index contributed by atoms with van der Waals surface area (Å²) in [7, 11) is 3.93. The number of hydrogen-bond acceptors (Lipinski definition) is 3. The van der Waals surface area contributed by atoms with E-state index in [2.05, 4.69) is 10.4 Å². The number of aryl methyl sites for hydroxylation is 1. The number of thioether (sulfide) groups is 1. The average Bonchev–Trinajstić information content (AvgIpc) is 2.54. The van der Waals surface area contributed by atoms with Crippen molar-refractivity contribution >= 4 is 17.6 Å². The lowest BCUT2D eigenvalue weighted by atomic mass is 10.3.